The molecule has 0 saturated carbocycles. The molecule has 0 fully saturated rings. The molecule has 0 aliphatic carbocycles. The van der Waals surface area contributed by atoms with Crippen LogP contribution in [0.5, 0.6) is 5.75 Å². The van der Waals surface area contributed by atoms with Crippen LogP contribution in [0.3, 0.4) is 0 Å². The highest BCUT2D eigenvalue weighted by Gasteiger charge is 2.17. The Hall–Kier alpha value is -2.33. The maximum atomic E-state index is 14.4. The molecule has 1 heterocycles. The zero-order valence-electron chi connectivity index (χ0n) is 13.1. The minimum Gasteiger partial charge on any atom is -0.485 e. The number of halogens is 1. The van der Waals surface area contributed by atoms with Gasteiger partial charge in [-0.3, -0.25) is 0 Å². The van der Waals surface area contributed by atoms with Gasteiger partial charge in [-0.1, -0.05) is 30.3 Å². The van der Waals surface area contributed by atoms with Gasteiger partial charge in [-0.2, -0.15) is 0 Å². The molecular formula is C19H20FNO2. The summed E-state index contributed by atoms with van der Waals surface area (Å²) in [5.74, 6) is -0.108. The predicted octanol–water partition coefficient (Wildman–Crippen LogP) is 3.91. The first-order valence-electron chi connectivity index (χ1n) is 7.82. The van der Waals surface area contributed by atoms with Crippen LogP contribution in [0.4, 0.5) is 4.39 Å². The van der Waals surface area contributed by atoms with E-state index in [0.29, 0.717) is 13.0 Å². The summed E-state index contributed by atoms with van der Waals surface area (Å²) >= 11 is 0. The van der Waals surface area contributed by atoms with E-state index in [9.17, 15) is 9.50 Å². The number of benzene rings is 2. The van der Waals surface area contributed by atoms with Gasteiger partial charge >= 0.3 is 0 Å². The highest BCUT2D eigenvalue weighted by molar-refractivity contribution is 5.90. The Bertz CT molecular complexity index is 796. The van der Waals surface area contributed by atoms with Crippen LogP contribution in [0.2, 0.25) is 0 Å². The summed E-state index contributed by atoms with van der Waals surface area (Å²) in [5, 5.41) is 10.0. The normalized spacial score (nSPS) is 11.1. The van der Waals surface area contributed by atoms with Crippen LogP contribution < -0.4 is 4.74 Å². The van der Waals surface area contributed by atoms with Crippen molar-refractivity contribution >= 4 is 10.9 Å². The third kappa shape index (κ3) is 3.08. The van der Waals surface area contributed by atoms with Crippen LogP contribution in [-0.2, 0) is 19.6 Å². The number of rotatable bonds is 6. The highest BCUT2D eigenvalue weighted by atomic mass is 19.1. The van der Waals surface area contributed by atoms with Crippen molar-refractivity contribution in [3.05, 3.63) is 65.6 Å². The maximum absolute atomic E-state index is 14.4. The van der Waals surface area contributed by atoms with E-state index in [4.69, 9.17) is 4.74 Å². The van der Waals surface area contributed by atoms with Crippen LogP contribution in [0.25, 0.3) is 10.9 Å². The second kappa shape index (κ2) is 6.84. The van der Waals surface area contributed by atoms with Crippen molar-refractivity contribution in [1.82, 2.24) is 4.57 Å². The molecule has 2 aromatic carbocycles. The number of fused-ring (bicyclic) bond motifs is 1. The third-order valence-corrected chi connectivity index (χ3v) is 3.98. The van der Waals surface area contributed by atoms with Gasteiger partial charge in [0.2, 0.25) is 0 Å². The van der Waals surface area contributed by atoms with E-state index in [2.05, 4.69) is 4.57 Å². The van der Waals surface area contributed by atoms with Crippen molar-refractivity contribution in [2.45, 2.75) is 26.5 Å². The third-order valence-electron chi connectivity index (χ3n) is 3.98. The molecule has 1 aromatic heterocycles. The van der Waals surface area contributed by atoms with Crippen molar-refractivity contribution in [3.63, 3.8) is 0 Å². The first kappa shape index (κ1) is 15.6. The van der Waals surface area contributed by atoms with E-state index in [0.717, 1.165) is 28.6 Å². The van der Waals surface area contributed by atoms with Gasteiger partial charge in [0.15, 0.2) is 11.6 Å². The quantitative estimate of drug-likeness (QED) is 0.748. The Kier molecular flexibility index (Phi) is 4.63. The van der Waals surface area contributed by atoms with E-state index < -0.39 is 0 Å². The summed E-state index contributed by atoms with van der Waals surface area (Å²) < 4.78 is 22.2. The molecular weight excluding hydrogens is 293 g/mol. The zero-order valence-corrected chi connectivity index (χ0v) is 13.1. The van der Waals surface area contributed by atoms with Gasteiger partial charge in [-0.05, 0) is 36.6 Å². The molecule has 1 N–H and O–H groups in total. The van der Waals surface area contributed by atoms with Gasteiger partial charge in [-0.15, -0.1) is 0 Å². The molecule has 0 bridgehead atoms. The van der Waals surface area contributed by atoms with E-state index in [1.54, 1.807) is 6.07 Å². The summed E-state index contributed by atoms with van der Waals surface area (Å²) in [6.07, 6.45) is 2.45. The standard InChI is InChI=1S/C19H20FNO2/c1-2-21-12-15(10-11-22)18-17(21)9-8-16(20)19(18)23-13-14-6-4-3-5-7-14/h3-9,12,22H,2,10-11,13H2,1H3. The van der Waals surface area contributed by atoms with Crippen molar-refractivity contribution in [2.75, 3.05) is 6.61 Å². The molecule has 0 aliphatic rings. The molecule has 0 aliphatic heterocycles. The molecule has 0 spiro atoms. The molecule has 0 saturated heterocycles. The average molecular weight is 313 g/mol. The first-order chi connectivity index (χ1) is 11.2. The maximum Gasteiger partial charge on any atom is 0.165 e. The summed E-state index contributed by atoms with van der Waals surface area (Å²) in [6, 6.07) is 12.9. The Morgan fingerprint density at radius 3 is 2.61 bits per heavy atom. The Balaban J connectivity index is 2.03. The fraction of sp³-hybridized carbons (Fsp3) is 0.263. The number of hydrogen-bond acceptors (Lipinski definition) is 2. The van der Waals surface area contributed by atoms with E-state index >= 15 is 0 Å². The molecule has 3 aromatic rings. The Morgan fingerprint density at radius 2 is 1.91 bits per heavy atom. The topological polar surface area (TPSA) is 34.4 Å². The number of hydrogen-bond donors (Lipinski definition) is 1. The SMILES string of the molecule is CCn1cc(CCO)c2c(OCc3ccccc3)c(F)ccc21. The van der Waals surface area contributed by atoms with Gasteiger partial charge in [0.25, 0.3) is 0 Å². The minimum absolute atomic E-state index is 0.0253. The van der Waals surface area contributed by atoms with Crippen LogP contribution in [0.1, 0.15) is 18.1 Å². The first-order valence-corrected chi connectivity index (χ1v) is 7.82. The number of aliphatic hydroxyl groups is 1. The fourth-order valence-corrected chi connectivity index (χ4v) is 2.86. The van der Waals surface area contributed by atoms with Gasteiger partial charge in [0.1, 0.15) is 6.61 Å². The molecule has 4 heteroatoms. The van der Waals surface area contributed by atoms with Crippen LogP contribution >= 0.6 is 0 Å². The number of aromatic nitrogens is 1. The van der Waals surface area contributed by atoms with Crippen molar-refractivity contribution in [3.8, 4) is 5.75 Å². The van der Waals surface area contributed by atoms with Crippen LogP contribution in [0, 0.1) is 5.82 Å². The van der Waals surface area contributed by atoms with E-state index in [-0.39, 0.29) is 18.2 Å². The largest absolute Gasteiger partial charge is 0.485 e. The molecule has 0 radical (unpaired) electrons. The lowest BCUT2D eigenvalue weighted by Crippen LogP contribution is -1.99. The van der Waals surface area contributed by atoms with Gasteiger partial charge in [0, 0.05) is 24.7 Å². The van der Waals surface area contributed by atoms with Crippen LogP contribution in [0.15, 0.2) is 48.7 Å². The molecule has 3 rings (SSSR count). The Labute approximate surface area is 134 Å². The molecule has 0 atom stereocenters. The number of ether oxygens (including phenoxy) is 1. The molecule has 3 nitrogen and oxygen atoms in total. The minimum atomic E-state index is -0.374. The average Bonchev–Trinajstić information content (AvgIpc) is 2.93. The van der Waals surface area contributed by atoms with Crippen molar-refractivity contribution in [2.24, 2.45) is 0 Å². The molecule has 0 amide bonds. The second-order valence-electron chi connectivity index (χ2n) is 5.46. The van der Waals surface area contributed by atoms with Crippen molar-refractivity contribution < 1.29 is 14.2 Å². The smallest absolute Gasteiger partial charge is 0.165 e. The summed E-state index contributed by atoms with van der Waals surface area (Å²) in [4.78, 5) is 0. The van der Waals surface area contributed by atoms with Crippen LogP contribution in [-0.4, -0.2) is 16.3 Å². The van der Waals surface area contributed by atoms with Gasteiger partial charge in [-0.25, -0.2) is 4.39 Å². The number of aryl methyl sites for hydroxylation is 1. The fourth-order valence-electron chi connectivity index (χ4n) is 2.86. The molecule has 0 unspecified atom stereocenters. The number of aliphatic hydroxyl groups excluding tert-OH is 1. The molecule has 23 heavy (non-hydrogen) atoms. The second-order valence-corrected chi connectivity index (χ2v) is 5.46. The van der Waals surface area contributed by atoms with Gasteiger partial charge in [0.05, 0.1) is 5.52 Å². The van der Waals surface area contributed by atoms with Crippen molar-refractivity contribution in [1.29, 1.82) is 0 Å². The zero-order chi connectivity index (χ0) is 16.2. The monoisotopic (exact) mass is 313 g/mol. The number of nitrogens with zero attached hydrogens (tertiary/aromatic N) is 1. The lowest BCUT2D eigenvalue weighted by atomic mass is 10.1. The summed E-state index contributed by atoms with van der Waals surface area (Å²) in [7, 11) is 0. The summed E-state index contributed by atoms with van der Waals surface area (Å²) in [6.45, 7) is 3.16. The Morgan fingerprint density at radius 1 is 1.13 bits per heavy atom. The van der Waals surface area contributed by atoms with Gasteiger partial charge < -0.3 is 14.4 Å². The van der Waals surface area contributed by atoms with E-state index in [1.165, 1.54) is 6.07 Å². The van der Waals surface area contributed by atoms with E-state index in [1.807, 2.05) is 43.5 Å². The molecule has 120 valence electrons. The predicted molar refractivity (Wildman–Crippen MR) is 89.1 cm³/mol. The highest BCUT2D eigenvalue weighted by Crippen LogP contribution is 2.34. The lowest BCUT2D eigenvalue weighted by Gasteiger charge is -2.11. The summed E-state index contributed by atoms with van der Waals surface area (Å²) in [5.41, 5.74) is 2.83. The lowest BCUT2D eigenvalue weighted by molar-refractivity contribution is 0.292.